The number of allylic oxidation sites excluding steroid dienone is 3. The van der Waals surface area contributed by atoms with E-state index < -0.39 is 0 Å². The molecule has 0 heterocycles. The van der Waals surface area contributed by atoms with Gasteiger partial charge in [0, 0.05) is 6.42 Å². The molecule has 0 aliphatic heterocycles. The summed E-state index contributed by atoms with van der Waals surface area (Å²) < 4.78 is 0. The summed E-state index contributed by atoms with van der Waals surface area (Å²) in [6, 6.07) is 0. The van der Waals surface area contributed by atoms with Gasteiger partial charge in [0.1, 0.15) is 5.78 Å². The number of carbonyl (C=O) groups excluding carboxylic acids is 1. The van der Waals surface area contributed by atoms with Crippen LogP contribution in [-0.2, 0) is 4.79 Å². The number of hydrogen-bond acceptors (Lipinski definition) is 1. The van der Waals surface area contributed by atoms with Gasteiger partial charge in [-0.3, -0.25) is 0 Å². The maximum absolute atomic E-state index is 10.9. The fourth-order valence-electron chi connectivity index (χ4n) is 1.31. The number of Topliss-reactive ketones (excluding diaryl/α,β-unsaturated/α-hetero) is 1. The average molecular weight is 194 g/mol. The lowest BCUT2D eigenvalue weighted by molar-refractivity contribution is -0.117. The van der Waals surface area contributed by atoms with E-state index >= 15 is 0 Å². The molecule has 0 rings (SSSR count). The second-order valence-electron chi connectivity index (χ2n) is 4.35. The molecule has 1 heteroatoms. The summed E-state index contributed by atoms with van der Waals surface area (Å²) in [7, 11) is 0. The van der Waals surface area contributed by atoms with Crippen LogP contribution in [0.3, 0.4) is 0 Å². The van der Waals surface area contributed by atoms with Gasteiger partial charge in [-0.05, 0) is 32.1 Å². The van der Waals surface area contributed by atoms with Crippen LogP contribution >= 0.6 is 0 Å². The first-order chi connectivity index (χ1) is 6.43. The molecular formula is C13H22O. The zero-order valence-electron chi connectivity index (χ0n) is 9.84. The minimum Gasteiger partial charge on any atom is -0.300 e. The van der Waals surface area contributed by atoms with Crippen molar-refractivity contribution in [3.05, 3.63) is 24.3 Å². The van der Waals surface area contributed by atoms with E-state index in [9.17, 15) is 4.79 Å². The van der Waals surface area contributed by atoms with Crippen LogP contribution in [0.1, 0.15) is 40.5 Å². The summed E-state index contributed by atoms with van der Waals surface area (Å²) in [5, 5.41) is 0. The van der Waals surface area contributed by atoms with Gasteiger partial charge in [-0.2, -0.15) is 0 Å². The molecule has 0 bridgehead atoms. The first-order valence-corrected chi connectivity index (χ1v) is 5.26. The Kier molecular flexibility index (Phi) is 6.18. The molecule has 0 unspecified atom stereocenters. The van der Waals surface area contributed by atoms with Gasteiger partial charge in [-0.25, -0.2) is 0 Å². The number of rotatable bonds is 6. The highest BCUT2D eigenvalue weighted by Gasteiger charge is 2.10. The molecule has 0 saturated heterocycles. The summed E-state index contributed by atoms with van der Waals surface area (Å²) in [5.74, 6) is 1.36. The van der Waals surface area contributed by atoms with Crippen LogP contribution in [0.4, 0.5) is 0 Å². The van der Waals surface area contributed by atoms with E-state index in [1.165, 1.54) is 0 Å². The number of hydrogen-bond donors (Lipinski definition) is 0. The van der Waals surface area contributed by atoms with Crippen molar-refractivity contribution < 1.29 is 4.79 Å². The van der Waals surface area contributed by atoms with Crippen molar-refractivity contribution in [1.29, 1.82) is 0 Å². The summed E-state index contributed by atoms with van der Waals surface area (Å²) in [5.41, 5.74) is 1.07. The summed E-state index contributed by atoms with van der Waals surface area (Å²) in [6.07, 6.45) is 5.86. The molecule has 0 radical (unpaired) electrons. The molecule has 0 N–H and O–H groups in total. The monoisotopic (exact) mass is 194 g/mol. The summed E-state index contributed by atoms with van der Waals surface area (Å²) in [6.45, 7) is 11.8. The zero-order valence-corrected chi connectivity index (χ0v) is 9.84. The van der Waals surface area contributed by atoms with Crippen LogP contribution in [0.2, 0.25) is 0 Å². The smallest absolute Gasteiger partial charge is 0.129 e. The number of carbonyl (C=O) groups is 1. The van der Waals surface area contributed by atoms with Gasteiger partial charge in [0.05, 0.1) is 0 Å². The maximum Gasteiger partial charge on any atom is 0.129 e. The minimum atomic E-state index is 0.277. The molecule has 0 amide bonds. The van der Waals surface area contributed by atoms with Gasteiger partial charge in [-0.1, -0.05) is 38.2 Å². The quantitative estimate of drug-likeness (QED) is 0.588. The molecule has 0 aliphatic rings. The topological polar surface area (TPSA) is 17.1 Å². The van der Waals surface area contributed by atoms with Gasteiger partial charge in [0.15, 0.2) is 0 Å². The van der Waals surface area contributed by atoms with Crippen LogP contribution < -0.4 is 0 Å². The normalized spacial score (nSPS) is 13.5. The van der Waals surface area contributed by atoms with Crippen LogP contribution in [0.25, 0.3) is 0 Å². The molecule has 0 saturated carbocycles. The first kappa shape index (κ1) is 13.2. The second-order valence-corrected chi connectivity index (χ2v) is 4.35. The Morgan fingerprint density at radius 3 is 2.29 bits per heavy atom. The highest BCUT2D eigenvalue weighted by atomic mass is 16.1. The van der Waals surface area contributed by atoms with Crippen molar-refractivity contribution >= 4 is 5.78 Å². The number of ketones is 1. The van der Waals surface area contributed by atoms with Crippen LogP contribution in [0.15, 0.2) is 24.3 Å². The molecule has 0 aromatic rings. The minimum absolute atomic E-state index is 0.277. The Morgan fingerprint density at radius 1 is 1.36 bits per heavy atom. The van der Waals surface area contributed by atoms with Crippen LogP contribution in [0.5, 0.6) is 0 Å². The largest absolute Gasteiger partial charge is 0.300 e. The standard InChI is InChI=1S/C13H22O/c1-10(2)6-8-13(11(3)4)9-7-12(5)14/h6,8,11,13H,1,7,9H2,2-5H3/t13-/m1/s1. The third kappa shape index (κ3) is 6.64. The molecule has 0 fully saturated rings. The van der Waals surface area contributed by atoms with E-state index in [2.05, 4.69) is 26.5 Å². The fourth-order valence-corrected chi connectivity index (χ4v) is 1.31. The van der Waals surface area contributed by atoms with Crippen molar-refractivity contribution in [2.75, 3.05) is 0 Å². The van der Waals surface area contributed by atoms with E-state index in [-0.39, 0.29) is 5.78 Å². The zero-order chi connectivity index (χ0) is 11.1. The molecule has 0 aromatic carbocycles. The molecule has 1 nitrogen and oxygen atoms in total. The Balaban J connectivity index is 4.16. The van der Waals surface area contributed by atoms with Crippen molar-refractivity contribution in [2.45, 2.75) is 40.5 Å². The van der Waals surface area contributed by atoms with E-state index in [1.54, 1.807) is 6.92 Å². The lowest BCUT2D eigenvalue weighted by atomic mass is 9.90. The van der Waals surface area contributed by atoms with Gasteiger partial charge in [0.25, 0.3) is 0 Å². The first-order valence-electron chi connectivity index (χ1n) is 5.26. The molecule has 80 valence electrons. The summed E-state index contributed by atoms with van der Waals surface area (Å²) in [4.78, 5) is 10.9. The molecule has 0 aliphatic carbocycles. The van der Waals surface area contributed by atoms with Crippen LogP contribution in [0, 0.1) is 11.8 Å². The van der Waals surface area contributed by atoms with Crippen molar-refractivity contribution in [3.8, 4) is 0 Å². The second kappa shape index (κ2) is 6.58. The van der Waals surface area contributed by atoms with Gasteiger partial charge in [0.2, 0.25) is 0 Å². The predicted molar refractivity (Wildman–Crippen MR) is 62.2 cm³/mol. The molecule has 0 aromatic heterocycles. The summed E-state index contributed by atoms with van der Waals surface area (Å²) >= 11 is 0. The molecular weight excluding hydrogens is 172 g/mol. The van der Waals surface area contributed by atoms with E-state index in [0.717, 1.165) is 12.0 Å². The Labute approximate surface area is 87.9 Å². The van der Waals surface area contributed by atoms with Crippen LogP contribution in [-0.4, -0.2) is 5.78 Å². The highest BCUT2D eigenvalue weighted by Crippen LogP contribution is 2.19. The van der Waals surface area contributed by atoms with Crippen molar-refractivity contribution in [2.24, 2.45) is 11.8 Å². The van der Waals surface area contributed by atoms with Crippen molar-refractivity contribution in [3.63, 3.8) is 0 Å². The molecule has 0 spiro atoms. The molecule has 14 heavy (non-hydrogen) atoms. The van der Waals surface area contributed by atoms with E-state index in [4.69, 9.17) is 0 Å². The van der Waals surface area contributed by atoms with Gasteiger partial charge < -0.3 is 4.79 Å². The Hall–Kier alpha value is -0.850. The van der Waals surface area contributed by atoms with Gasteiger partial charge >= 0.3 is 0 Å². The lowest BCUT2D eigenvalue weighted by Gasteiger charge is -2.15. The van der Waals surface area contributed by atoms with E-state index in [1.807, 2.05) is 13.0 Å². The Bertz CT molecular complexity index is 223. The third-order valence-corrected chi connectivity index (χ3v) is 2.31. The fraction of sp³-hybridized carbons (Fsp3) is 0.615. The highest BCUT2D eigenvalue weighted by molar-refractivity contribution is 5.75. The third-order valence-electron chi connectivity index (χ3n) is 2.31. The lowest BCUT2D eigenvalue weighted by Crippen LogP contribution is -2.07. The Morgan fingerprint density at radius 2 is 1.93 bits per heavy atom. The van der Waals surface area contributed by atoms with E-state index in [0.29, 0.717) is 18.3 Å². The SMILES string of the molecule is C=C(C)C=C[C@H](CCC(C)=O)C(C)C. The van der Waals surface area contributed by atoms with Gasteiger partial charge in [-0.15, -0.1) is 0 Å². The average Bonchev–Trinajstić information content (AvgIpc) is 2.02. The predicted octanol–water partition coefficient (Wildman–Crippen LogP) is 3.76. The van der Waals surface area contributed by atoms with Crippen molar-refractivity contribution in [1.82, 2.24) is 0 Å². The maximum atomic E-state index is 10.9. The molecule has 1 atom stereocenters.